The second kappa shape index (κ2) is 5.82. The van der Waals surface area contributed by atoms with Crippen molar-refractivity contribution < 1.29 is 19.0 Å². The molecule has 1 aromatic carbocycles. The molecule has 1 unspecified atom stereocenters. The van der Waals surface area contributed by atoms with E-state index >= 15 is 0 Å². The van der Waals surface area contributed by atoms with Gasteiger partial charge in [-0.3, -0.25) is 8.97 Å². The van der Waals surface area contributed by atoms with Crippen LogP contribution in [0.1, 0.15) is 6.23 Å². The Morgan fingerprint density at radius 2 is 2.04 bits per heavy atom. The second-order valence-corrected chi connectivity index (χ2v) is 5.43. The van der Waals surface area contributed by atoms with Crippen molar-refractivity contribution in [2.75, 3.05) is 13.4 Å². The molecule has 0 radical (unpaired) electrons. The summed E-state index contributed by atoms with van der Waals surface area (Å²) in [6, 6.07) is 7.56. The highest BCUT2D eigenvalue weighted by atomic mass is 19.1. The minimum atomic E-state index is -0.691. The zero-order chi connectivity index (χ0) is 16.7. The van der Waals surface area contributed by atoms with Crippen LogP contribution in [0, 0.1) is 5.82 Å². The monoisotopic (exact) mass is 331 g/mol. The third-order valence-electron chi connectivity index (χ3n) is 3.98. The predicted octanol–water partition coefficient (Wildman–Crippen LogP) is 1.17. The van der Waals surface area contributed by atoms with Gasteiger partial charge in [0.05, 0.1) is 12.3 Å². The summed E-state index contributed by atoms with van der Waals surface area (Å²) >= 11 is 0. The number of aromatic nitrogens is 3. The average Bonchev–Trinajstić information content (AvgIpc) is 3.22. The Kier molecular flexibility index (Phi) is 3.64. The largest absolute Gasteiger partial charge is 0.393 e. The van der Waals surface area contributed by atoms with Crippen LogP contribution in [0.2, 0.25) is 0 Å². The van der Waals surface area contributed by atoms with Gasteiger partial charge < -0.3 is 14.6 Å². The first-order valence-electron chi connectivity index (χ1n) is 7.37. The summed E-state index contributed by atoms with van der Waals surface area (Å²) in [7, 11) is 0. The zero-order valence-corrected chi connectivity index (χ0v) is 12.5. The Hall–Kier alpha value is -2.55. The van der Waals surface area contributed by atoms with Gasteiger partial charge in [0, 0.05) is 18.0 Å². The molecule has 1 fully saturated rings. The fourth-order valence-corrected chi connectivity index (χ4v) is 2.74. The van der Waals surface area contributed by atoms with Gasteiger partial charge in [-0.15, -0.1) is 0 Å². The Labute approximate surface area is 135 Å². The van der Waals surface area contributed by atoms with E-state index in [1.165, 1.54) is 21.1 Å². The summed E-state index contributed by atoms with van der Waals surface area (Å²) in [6.45, 7) is -0.231. The lowest BCUT2D eigenvalue weighted by Gasteiger charge is -2.17. The molecule has 1 N–H and O–H groups in total. The topological polar surface area (TPSA) is 78.0 Å². The first-order chi connectivity index (χ1) is 11.7. The lowest BCUT2D eigenvalue weighted by molar-refractivity contribution is 0.0202. The van der Waals surface area contributed by atoms with E-state index in [1.54, 1.807) is 30.6 Å². The van der Waals surface area contributed by atoms with Gasteiger partial charge in [0.1, 0.15) is 24.4 Å². The van der Waals surface area contributed by atoms with E-state index in [4.69, 9.17) is 9.47 Å². The van der Waals surface area contributed by atoms with Gasteiger partial charge in [-0.2, -0.15) is 0 Å². The number of hydrogen-bond donors (Lipinski definition) is 1. The normalized spacial score (nSPS) is 20.8. The van der Waals surface area contributed by atoms with Crippen molar-refractivity contribution >= 4 is 5.65 Å². The van der Waals surface area contributed by atoms with Crippen molar-refractivity contribution in [3.05, 3.63) is 59.0 Å². The summed E-state index contributed by atoms with van der Waals surface area (Å²) in [5.41, 5.74) is 1.38. The Morgan fingerprint density at radius 3 is 2.79 bits per heavy atom. The number of fused-ring (bicyclic) bond motifs is 1. The minimum absolute atomic E-state index is 0.0190. The average molecular weight is 331 g/mol. The Balaban J connectivity index is 1.79. The van der Waals surface area contributed by atoms with E-state index in [2.05, 4.69) is 4.98 Å². The molecule has 24 heavy (non-hydrogen) atoms. The van der Waals surface area contributed by atoms with E-state index in [0.717, 1.165) is 0 Å². The maximum Gasteiger partial charge on any atom is 0.336 e. The summed E-state index contributed by atoms with van der Waals surface area (Å²) in [6.07, 6.45) is 1.86. The molecule has 4 rings (SSSR count). The lowest BCUT2D eigenvalue weighted by Crippen LogP contribution is -2.34. The molecule has 2 atom stereocenters. The van der Waals surface area contributed by atoms with Crippen molar-refractivity contribution in [2.45, 2.75) is 12.3 Å². The number of imidazole rings is 1. The quantitative estimate of drug-likeness (QED) is 0.779. The number of halogens is 1. The van der Waals surface area contributed by atoms with Gasteiger partial charge in [0.25, 0.3) is 0 Å². The highest BCUT2D eigenvalue weighted by molar-refractivity contribution is 5.62. The fraction of sp³-hybridized carbons (Fsp3) is 0.250. The van der Waals surface area contributed by atoms with Gasteiger partial charge >= 0.3 is 5.69 Å². The minimum Gasteiger partial charge on any atom is -0.393 e. The van der Waals surface area contributed by atoms with Gasteiger partial charge in [-0.05, 0) is 30.3 Å². The summed E-state index contributed by atoms with van der Waals surface area (Å²) in [4.78, 5) is 17.1. The van der Waals surface area contributed by atoms with Crippen molar-refractivity contribution in [1.82, 2.24) is 14.0 Å². The van der Waals surface area contributed by atoms with Crippen LogP contribution in [0.5, 0.6) is 0 Å². The first-order valence-corrected chi connectivity index (χ1v) is 7.37. The van der Waals surface area contributed by atoms with E-state index in [0.29, 0.717) is 16.9 Å². The number of rotatable bonds is 3. The number of nitrogens with zero attached hydrogens (tertiary/aromatic N) is 3. The van der Waals surface area contributed by atoms with Crippen LogP contribution in [0.4, 0.5) is 4.39 Å². The Bertz CT molecular complexity index is 935. The molecule has 1 aliphatic heterocycles. The molecular formula is C16H14FN3O4. The molecule has 1 aliphatic rings. The molecule has 0 amide bonds. The van der Waals surface area contributed by atoms with Gasteiger partial charge in [0.2, 0.25) is 0 Å². The molecular weight excluding hydrogens is 317 g/mol. The molecule has 1 saturated heterocycles. The van der Waals surface area contributed by atoms with Gasteiger partial charge in [-0.1, -0.05) is 0 Å². The lowest BCUT2D eigenvalue weighted by atomic mass is 10.2. The smallest absolute Gasteiger partial charge is 0.336 e. The van der Waals surface area contributed by atoms with Crippen LogP contribution in [-0.2, 0) is 9.47 Å². The number of benzene rings is 1. The van der Waals surface area contributed by atoms with Crippen LogP contribution >= 0.6 is 0 Å². The van der Waals surface area contributed by atoms with Crippen molar-refractivity contribution in [2.24, 2.45) is 0 Å². The highest BCUT2D eigenvalue weighted by Crippen LogP contribution is 2.23. The van der Waals surface area contributed by atoms with Crippen LogP contribution in [0.25, 0.3) is 16.9 Å². The second-order valence-electron chi connectivity index (χ2n) is 5.43. The number of aliphatic hydroxyl groups is 1. The van der Waals surface area contributed by atoms with Crippen LogP contribution in [-0.4, -0.2) is 38.6 Å². The van der Waals surface area contributed by atoms with E-state index in [9.17, 15) is 14.3 Å². The molecule has 0 saturated carbocycles. The highest BCUT2D eigenvalue weighted by Gasteiger charge is 2.31. The van der Waals surface area contributed by atoms with Crippen molar-refractivity contribution in [3.63, 3.8) is 0 Å². The number of hydrogen-bond acceptors (Lipinski definition) is 5. The van der Waals surface area contributed by atoms with Crippen LogP contribution in [0.15, 0.2) is 47.5 Å². The molecule has 0 bridgehead atoms. The van der Waals surface area contributed by atoms with Crippen LogP contribution in [0.3, 0.4) is 0 Å². The molecule has 0 spiro atoms. The zero-order valence-electron chi connectivity index (χ0n) is 12.5. The standard InChI is InChI=1S/C16H14FN3O4/c17-11-3-1-10(2-4-11)12-7-20-14(18-12)5-6-19(16(20)22)15-13(8-21)23-9-24-15/h1-7,13,15,21H,8-9H2/t13?,15-/m0/s1. The third kappa shape index (κ3) is 2.41. The van der Waals surface area contributed by atoms with E-state index in [-0.39, 0.29) is 24.9 Å². The fourth-order valence-electron chi connectivity index (χ4n) is 2.74. The van der Waals surface area contributed by atoms with E-state index < -0.39 is 12.3 Å². The Morgan fingerprint density at radius 1 is 1.25 bits per heavy atom. The molecule has 8 heteroatoms. The molecule has 3 aromatic rings. The maximum absolute atomic E-state index is 13.0. The third-order valence-corrected chi connectivity index (χ3v) is 3.98. The molecule has 124 valence electrons. The molecule has 3 heterocycles. The summed E-state index contributed by atoms with van der Waals surface area (Å²) < 4.78 is 26.4. The first kappa shape index (κ1) is 15.0. The molecule has 0 aliphatic carbocycles. The molecule has 2 aromatic heterocycles. The van der Waals surface area contributed by atoms with Crippen LogP contribution < -0.4 is 5.69 Å². The predicted molar refractivity (Wildman–Crippen MR) is 81.8 cm³/mol. The van der Waals surface area contributed by atoms with Crippen molar-refractivity contribution in [3.8, 4) is 11.3 Å². The maximum atomic E-state index is 13.0. The SMILES string of the molecule is O=c1n([C@H]2OCOC2CO)ccc2nc(-c3ccc(F)cc3)cn12. The van der Waals surface area contributed by atoms with Gasteiger partial charge in [0.15, 0.2) is 6.23 Å². The summed E-state index contributed by atoms with van der Waals surface area (Å²) in [5.74, 6) is -0.335. The van der Waals surface area contributed by atoms with Gasteiger partial charge in [-0.25, -0.2) is 14.2 Å². The summed E-state index contributed by atoms with van der Waals surface area (Å²) in [5, 5.41) is 9.31. The van der Waals surface area contributed by atoms with Crippen molar-refractivity contribution in [1.29, 1.82) is 0 Å². The van der Waals surface area contributed by atoms with E-state index in [1.807, 2.05) is 0 Å². The molecule has 7 nitrogen and oxygen atoms in total. The number of aliphatic hydroxyl groups excluding tert-OH is 1. The number of ether oxygens (including phenoxy) is 2.